The number of hydrogen-bond acceptors (Lipinski definition) is 4. The molecule has 196 valence electrons. The molecule has 0 saturated carbocycles. The summed E-state index contributed by atoms with van der Waals surface area (Å²) >= 11 is 17.3. The molecule has 1 atom stereocenters. The average Bonchev–Trinajstić information content (AvgIpc) is 2.83. The Morgan fingerprint density at radius 3 is 2.14 bits per heavy atom. The number of benzene rings is 2. The van der Waals surface area contributed by atoms with E-state index >= 15 is 0 Å². The number of aromatic nitrogens is 2. The number of allylic oxidation sites excluding steroid dienone is 1. The van der Waals surface area contributed by atoms with Gasteiger partial charge in [-0.1, -0.05) is 40.9 Å². The van der Waals surface area contributed by atoms with Crippen molar-refractivity contribution in [2.75, 3.05) is 5.43 Å². The van der Waals surface area contributed by atoms with Crippen LogP contribution >= 0.6 is 34.8 Å². The Morgan fingerprint density at radius 2 is 1.59 bits per heavy atom. The summed E-state index contributed by atoms with van der Waals surface area (Å²) in [7, 11) is 0. The Balaban J connectivity index is 1.99. The van der Waals surface area contributed by atoms with E-state index in [4.69, 9.17) is 34.8 Å². The van der Waals surface area contributed by atoms with Gasteiger partial charge in [0, 0.05) is 5.56 Å². The van der Waals surface area contributed by atoms with Crippen LogP contribution in [0.1, 0.15) is 33.0 Å². The van der Waals surface area contributed by atoms with Crippen molar-refractivity contribution in [2.45, 2.75) is 18.3 Å². The van der Waals surface area contributed by atoms with E-state index in [2.05, 4.69) is 15.6 Å². The molecule has 1 heterocycles. The van der Waals surface area contributed by atoms with Crippen LogP contribution in [0.25, 0.3) is 5.83 Å². The maximum atomic E-state index is 14.9. The largest absolute Gasteiger partial charge is 0.417 e. The maximum absolute atomic E-state index is 14.9. The number of carbonyl (C=O) groups excluding carboxylic acids is 1. The van der Waals surface area contributed by atoms with Crippen molar-refractivity contribution in [3.63, 3.8) is 0 Å². The Bertz CT molecular complexity index is 1310. The van der Waals surface area contributed by atoms with Gasteiger partial charge in [-0.15, -0.1) is 0 Å². The second kappa shape index (κ2) is 11.1. The van der Waals surface area contributed by atoms with Crippen LogP contribution in [0.5, 0.6) is 0 Å². The number of halogens is 10. The van der Waals surface area contributed by atoms with Gasteiger partial charge in [0.05, 0.1) is 44.3 Å². The lowest BCUT2D eigenvalue weighted by molar-refractivity contribution is -0.140. The van der Waals surface area contributed by atoms with Crippen molar-refractivity contribution < 1.29 is 35.5 Å². The van der Waals surface area contributed by atoms with Crippen LogP contribution in [0.15, 0.2) is 54.9 Å². The van der Waals surface area contributed by atoms with Crippen molar-refractivity contribution in [1.29, 1.82) is 0 Å². The monoisotopic (exact) mass is 586 g/mol. The minimum absolute atomic E-state index is 0.0725. The third-order valence-corrected chi connectivity index (χ3v) is 5.98. The first-order chi connectivity index (χ1) is 17.2. The van der Waals surface area contributed by atoms with Gasteiger partial charge in [0.1, 0.15) is 11.7 Å². The molecular formula is C22H12Cl3F7N4O. The molecule has 1 amide bonds. The molecule has 0 fully saturated rings. The third-order valence-electron chi connectivity index (χ3n) is 4.78. The number of nitrogens with one attached hydrogen (secondary N) is 2. The van der Waals surface area contributed by atoms with E-state index in [0.29, 0.717) is 6.07 Å². The van der Waals surface area contributed by atoms with E-state index in [1.165, 1.54) is 18.5 Å². The summed E-state index contributed by atoms with van der Waals surface area (Å²) in [6.45, 7) is 0. The molecule has 0 bridgehead atoms. The Hall–Kier alpha value is -3.09. The van der Waals surface area contributed by atoms with Crippen LogP contribution in [0.3, 0.4) is 0 Å². The van der Waals surface area contributed by atoms with E-state index in [9.17, 15) is 35.5 Å². The van der Waals surface area contributed by atoms with Crippen LogP contribution in [-0.4, -0.2) is 22.3 Å². The fraction of sp³-hybridized carbons (Fsp3) is 0.136. The van der Waals surface area contributed by atoms with E-state index in [0.717, 1.165) is 18.2 Å². The number of amides is 1. The summed E-state index contributed by atoms with van der Waals surface area (Å²) < 4.78 is 97.1. The van der Waals surface area contributed by atoms with Crippen LogP contribution in [0.4, 0.5) is 36.4 Å². The molecule has 0 aliphatic heterocycles. The quantitative estimate of drug-likeness (QED) is 0.175. The first kappa shape index (κ1) is 28.5. The van der Waals surface area contributed by atoms with Gasteiger partial charge in [-0.3, -0.25) is 15.6 Å². The smallest absolute Gasteiger partial charge is 0.297 e. The lowest BCUT2D eigenvalue weighted by Gasteiger charge is -2.19. The molecule has 0 aliphatic carbocycles. The molecule has 0 spiro atoms. The molecule has 3 aromatic rings. The van der Waals surface area contributed by atoms with Crippen molar-refractivity contribution in [3.8, 4) is 0 Å². The highest BCUT2D eigenvalue weighted by molar-refractivity contribution is 6.48. The van der Waals surface area contributed by atoms with Crippen LogP contribution < -0.4 is 10.9 Å². The maximum Gasteiger partial charge on any atom is 0.417 e. The van der Waals surface area contributed by atoms with Gasteiger partial charge in [-0.25, -0.2) is 4.39 Å². The van der Waals surface area contributed by atoms with Crippen LogP contribution in [0, 0.1) is 0 Å². The number of rotatable bonds is 6. The second-order valence-electron chi connectivity index (χ2n) is 7.30. The van der Waals surface area contributed by atoms with Gasteiger partial charge in [0.2, 0.25) is 0 Å². The van der Waals surface area contributed by atoms with Crippen molar-refractivity contribution in [3.05, 3.63) is 92.2 Å². The zero-order valence-corrected chi connectivity index (χ0v) is 20.1. The zero-order chi connectivity index (χ0) is 27.5. The van der Waals surface area contributed by atoms with E-state index in [1.54, 1.807) is 0 Å². The van der Waals surface area contributed by atoms with Gasteiger partial charge in [0.25, 0.3) is 5.91 Å². The van der Waals surface area contributed by atoms with Gasteiger partial charge in [-0.2, -0.15) is 36.5 Å². The third kappa shape index (κ3) is 7.02. The Morgan fingerprint density at radius 1 is 0.946 bits per heavy atom. The molecule has 2 aromatic carbocycles. The lowest BCUT2D eigenvalue weighted by atomic mass is 9.95. The summed E-state index contributed by atoms with van der Waals surface area (Å²) in [4.78, 5) is 12.3. The highest BCUT2D eigenvalue weighted by Crippen LogP contribution is 2.42. The molecule has 0 aliphatic rings. The van der Waals surface area contributed by atoms with E-state index in [-0.39, 0.29) is 32.9 Å². The molecule has 0 saturated heterocycles. The molecule has 15 heteroatoms. The highest BCUT2D eigenvalue weighted by Gasteiger charge is 2.41. The molecule has 1 unspecified atom stereocenters. The number of hydrazine groups is 1. The average molecular weight is 588 g/mol. The first-order valence-electron chi connectivity index (χ1n) is 9.81. The topological polar surface area (TPSA) is 66.9 Å². The Kier molecular flexibility index (Phi) is 8.56. The highest BCUT2D eigenvalue weighted by atomic mass is 35.5. The fourth-order valence-corrected chi connectivity index (χ4v) is 3.68. The van der Waals surface area contributed by atoms with Gasteiger partial charge in [-0.05, 0) is 42.0 Å². The number of hydrogen-bond donors (Lipinski definition) is 2. The normalized spacial score (nSPS) is 13.3. The van der Waals surface area contributed by atoms with E-state index < -0.39 is 52.3 Å². The van der Waals surface area contributed by atoms with Crippen molar-refractivity contribution in [1.82, 2.24) is 15.6 Å². The second-order valence-corrected chi connectivity index (χ2v) is 8.49. The predicted octanol–water partition coefficient (Wildman–Crippen LogP) is 7.87. The summed E-state index contributed by atoms with van der Waals surface area (Å²) in [5.74, 6) is -5.52. The fourth-order valence-electron chi connectivity index (χ4n) is 3.06. The Labute approximate surface area is 219 Å². The van der Waals surface area contributed by atoms with Crippen molar-refractivity contribution in [2.24, 2.45) is 0 Å². The standard InChI is InChI=1S/C22H12Cl3F7N4O/c23-16-6-11(7-17(24)19(16)25)14(21(27,28)29)8-18(26)10-1-2-13(15(5-10)22(30,31)32)20(37)36-35-12-3-4-33-34-9-12/h1-9,14H,(H,33,35)(H,36,37)/b18-8-. The van der Waals surface area contributed by atoms with E-state index in [1.807, 2.05) is 5.43 Å². The SMILES string of the molecule is O=C(NNc1ccnnc1)c1ccc(/C(F)=C/C(c2cc(Cl)c(Cl)c(Cl)c2)C(F)(F)F)cc1C(F)(F)F. The first-order valence-corrected chi connectivity index (χ1v) is 10.9. The molecule has 3 rings (SSSR count). The minimum Gasteiger partial charge on any atom is -0.297 e. The predicted molar refractivity (Wildman–Crippen MR) is 124 cm³/mol. The molecular weight excluding hydrogens is 576 g/mol. The van der Waals surface area contributed by atoms with Gasteiger partial charge >= 0.3 is 12.4 Å². The lowest BCUT2D eigenvalue weighted by Crippen LogP contribution is -2.31. The number of carbonyl (C=O) groups is 1. The molecule has 0 radical (unpaired) electrons. The van der Waals surface area contributed by atoms with Gasteiger partial charge < -0.3 is 0 Å². The molecule has 1 aromatic heterocycles. The number of anilines is 1. The molecule has 2 N–H and O–H groups in total. The zero-order valence-electron chi connectivity index (χ0n) is 17.9. The summed E-state index contributed by atoms with van der Waals surface area (Å²) in [5, 5.41) is 6.10. The van der Waals surface area contributed by atoms with Crippen LogP contribution in [0.2, 0.25) is 15.1 Å². The number of alkyl halides is 6. The summed E-state index contributed by atoms with van der Waals surface area (Å²) in [6, 6.07) is 4.59. The summed E-state index contributed by atoms with van der Waals surface area (Å²) in [6.07, 6.45) is -7.73. The van der Waals surface area contributed by atoms with Crippen molar-refractivity contribution >= 4 is 52.2 Å². The molecule has 5 nitrogen and oxygen atoms in total. The van der Waals surface area contributed by atoms with Gasteiger partial charge in [0.15, 0.2) is 0 Å². The molecule has 37 heavy (non-hydrogen) atoms. The van der Waals surface area contributed by atoms with Crippen LogP contribution in [-0.2, 0) is 6.18 Å². The minimum atomic E-state index is -5.15. The number of nitrogens with zero attached hydrogens (tertiary/aromatic N) is 2. The summed E-state index contributed by atoms with van der Waals surface area (Å²) in [5.41, 5.74) is 0.595.